The molecule has 4 amide bonds. The van der Waals surface area contributed by atoms with Crippen molar-refractivity contribution >= 4 is 46.5 Å². The van der Waals surface area contributed by atoms with Crippen LogP contribution in [0.15, 0.2) is 42.9 Å². The van der Waals surface area contributed by atoms with Crippen LogP contribution in [0.2, 0.25) is 0 Å². The van der Waals surface area contributed by atoms with Crippen LogP contribution in [0.25, 0.3) is 5.65 Å². The first-order valence-electron chi connectivity index (χ1n) is 22.5. The van der Waals surface area contributed by atoms with Crippen molar-refractivity contribution in [3.8, 4) is 0 Å². The van der Waals surface area contributed by atoms with E-state index in [1.165, 1.54) is 21.8 Å². The maximum absolute atomic E-state index is 14.3. The number of nitrogens with zero attached hydrogens (tertiary/aromatic N) is 8. The van der Waals surface area contributed by atoms with Crippen LogP contribution in [0, 0.1) is 5.92 Å². The summed E-state index contributed by atoms with van der Waals surface area (Å²) in [7, 11) is 0. The quantitative estimate of drug-likeness (QED) is 0.105. The van der Waals surface area contributed by atoms with Crippen molar-refractivity contribution < 1.29 is 42.5 Å². The molecule has 0 radical (unpaired) electrons. The molecule has 3 aromatic heterocycles. The van der Waals surface area contributed by atoms with E-state index in [0.717, 1.165) is 77.7 Å². The van der Waals surface area contributed by atoms with E-state index in [4.69, 9.17) is 14.5 Å². The SMILES string of the molecule is O=C1CCC(N2C(=O)c3c(NCCCOC4CCN(C[C@H]5CC[C@H](n6cc(NC(=O)c7cnn8ccc(N9CC%10CC(C9)O%10)nc78)c(C(F)F)n6)CC5)CC4)cccc3C2O)C(=O)N1. The fourth-order valence-corrected chi connectivity index (χ4v) is 10.4. The number of hydrogen-bond donors (Lipinski definition) is 4. The number of nitrogens with one attached hydrogen (secondary N) is 3. The van der Waals surface area contributed by atoms with E-state index in [9.17, 15) is 33.1 Å². The molecule has 4 N–H and O–H groups in total. The average molecular weight is 886 g/mol. The molecule has 18 nitrogen and oxygen atoms in total. The van der Waals surface area contributed by atoms with Crippen LogP contribution < -0.4 is 20.9 Å². The summed E-state index contributed by atoms with van der Waals surface area (Å²) < 4.78 is 43.7. The minimum Gasteiger partial charge on any atom is -0.384 e. The van der Waals surface area contributed by atoms with Crippen molar-refractivity contribution in [2.75, 3.05) is 61.4 Å². The molecule has 340 valence electrons. The molecule has 7 aliphatic rings. The number of rotatable bonds is 14. The van der Waals surface area contributed by atoms with Gasteiger partial charge in [0.1, 0.15) is 17.4 Å². The second-order valence-corrected chi connectivity index (χ2v) is 17.9. The number of anilines is 3. The third-order valence-electron chi connectivity index (χ3n) is 13.8. The summed E-state index contributed by atoms with van der Waals surface area (Å²) in [5.74, 6) is -0.773. The van der Waals surface area contributed by atoms with Crippen LogP contribution in [-0.4, -0.2) is 133 Å². The highest BCUT2D eigenvalue weighted by Gasteiger charge is 2.45. The van der Waals surface area contributed by atoms with Gasteiger partial charge in [-0.25, -0.2) is 18.3 Å². The summed E-state index contributed by atoms with van der Waals surface area (Å²) in [4.78, 5) is 61.6. The maximum Gasteiger partial charge on any atom is 0.284 e. The van der Waals surface area contributed by atoms with Gasteiger partial charge in [-0.2, -0.15) is 10.2 Å². The van der Waals surface area contributed by atoms with Crippen LogP contribution >= 0.6 is 0 Å². The number of fused-ring (bicyclic) bond motifs is 4. The Morgan fingerprint density at radius 2 is 1.80 bits per heavy atom. The molecule has 0 spiro atoms. The van der Waals surface area contributed by atoms with Gasteiger partial charge in [0.15, 0.2) is 17.6 Å². The number of carbonyl (C=O) groups is 4. The average Bonchev–Trinajstić information content (AvgIpc) is 3.98. The first-order valence-corrected chi connectivity index (χ1v) is 22.5. The number of piperidine rings is 3. The van der Waals surface area contributed by atoms with Gasteiger partial charge in [-0.05, 0) is 69.4 Å². The summed E-state index contributed by atoms with van der Waals surface area (Å²) >= 11 is 0. The third-order valence-corrected chi connectivity index (χ3v) is 13.8. The van der Waals surface area contributed by atoms with Gasteiger partial charge in [0.05, 0.1) is 41.8 Å². The van der Waals surface area contributed by atoms with Crippen molar-refractivity contribution in [3.05, 3.63) is 65.2 Å². The molecule has 1 aliphatic carbocycles. The number of amides is 4. The molecule has 6 fully saturated rings. The number of ether oxygens (including phenoxy) is 2. The van der Waals surface area contributed by atoms with Crippen LogP contribution in [0.1, 0.15) is 115 Å². The highest BCUT2D eigenvalue weighted by Crippen LogP contribution is 2.40. The van der Waals surface area contributed by atoms with Crippen molar-refractivity contribution in [1.82, 2.24) is 39.5 Å². The van der Waals surface area contributed by atoms with Crippen molar-refractivity contribution in [3.63, 3.8) is 0 Å². The number of likely N-dealkylation sites (tertiary alicyclic amines) is 1. The summed E-state index contributed by atoms with van der Waals surface area (Å²) in [6, 6.07) is 6.11. The second kappa shape index (κ2) is 17.8. The number of aliphatic hydroxyl groups is 1. The number of carbonyl (C=O) groups excluding carboxylic acids is 4. The molecular formula is C44H53F2N11O7. The number of morpholine rings is 1. The zero-order valence-corrected chi connectivity index (χ0v) is 35.4. The molecule has 1 saturated carbocycles. The third kappa shape index (κ3) is 8.43. The highest BCUT2D eigenvalue weighted by molar-refractivity contribution is 6.09. The fourth-order valence-electron chi connectivity index (χ4n) is 10.4. The predicted octanol–water partition coefficient (Wildman–Crippen LogP) is 4.06. The van der Waals surface area contributed by atoms with Gasteiger partial charge < -0.3 is 35.0 Å². The molecule has 4 atom stereocenters. The largest absolute Gasteiger partial charge is 0.384 e. The zero-order valence-electron chi connectivity index (χ0n) is 35.4. The Labute approximate surface area is 367 Å². The Hall–Kier alpha value is -5.57. The summed E-state index contributed by atoms with van der Waals surface area (Å²) in [6.45, 7) is 5.40. The molecule has 20 heteroatoms. The van der Waals surface area contributed by atoms with Crippen molar-refractivity contribution in [2.24, 2.45) is 5.92 Å². The second-order valence-electron chi connectivity index (χ2n) is 17.9. The van der Waals surface area contributed by atoms with Crippen molar-refractivity contribution in [1.29, 1.82) is 0 Å². The first-order chi connectivity index (χ1) is 31.1. The molecule has 6 aliphatic heterocycles. The van der Waals surface area contributed by atoms with Gasteiger partial charge in [-0.3, -0.25) is 34.1 Å². The lowest BCUT2D eigenvalue weighted by molar-refractivity contribution is -0.139. The van der Waals surface area contributed by atoms with Gasteiger partial charge in [0.2, 0.25) is 11.8 Å². The standard InChI is InChI=1S/C44H53F2N11O7/c45-39(46)38-33(49-41(59)31-20-48-55-17-13-35(50-40(31)55)54-22-28-19-29(23-54)64-28)24-56(52-38)26-7-5-25(6-8-26)21-53-15-11-27(12-16-53)63-18-2-14-47-32-4-1-3-30-37(32)44(62)57(43(30)61)34-9-10-36(58)51-42(34)60/h1,3-4,13,17,20,24-29,34,39,43,47,61H,2,5-12,14-16,18-19,21-23H2,(H,49,59)(H,51,58,60)/t25-,26-,28?,29?,34?,43?. The van der Waals surface area contributed by atoms with E-state index in [1.54, 1.807) is 29.1 Å². The molecule has 5 saturated heterocycles. The van der Waals surface area contributed by atoms with Gasteiger partial charge in [0, 0.05) is 82.4 Å². The topological polar surface area (TPSA) is 201 Å². The lowest BCUT2D eigenvalue weighted by atomic mass is 9.85. The van der Waals surface area contributed by atoms with E-state index < -0.39 is 42.1 Å². The first kappa shape index (κ1) is 42.4. The Balaban J connectivity index is 0.655. The maximum atomic E-state index is 14.3. The van der Waals surface area contributed by atoms with Gasteiger partial charge in [-0.1, -0.05) is 12.1 Å². The minimum atomic E-state index is -2.86. The Kier molecular flexibility index (Phi) is 11.8. The van der Waals surface area contributed by atoms with E-state index in [1.807, 2.05) is 6.07 Å². The Bertz CT molecular complexity index is 2400. The molecule has 4 unspecified atom stereocenters. The minimum absolute atomic E-state index is 0.0103. The molecule has 64 heavy (non-hydrogen) atoms. The number of halogens is 2. The lowest BCUT2D eigenvalue weighted by Crippen LogP contribution is -2.57. The number of benzene rings is 1. The molecule has 9 heterocycles. The summed E-state index contributed by atoms with van der Waals surface area (Å²) in [6.07, 6.45) is 8.47. The van der Waals surface area contributed by atoms with Crippen LogP contribution in [0.3, 0.4) is 0 Å². The predicted molar refractivity (Wildman–Crippen MR) is 227 cm³/mol. The van der Waals surface area contributed by atoms with Crippen LogP contribution in [0.4, 0.5) is 26.0 Å². The summed E-state index contributed by atoms with van der Waals surface area (Å²) in [5.41, 5.74) is 1.43. The fraction of sp³-hybridized carbons (Fsp3) is 0.568. The monoisotopic (exact) mass is 885 g/mol. The molecule has 4 aromatic rings. The molecule has 1 aromatic carbocycles. The number of aromatic nitrogens is 5. The van der Waals surface area contributed by atoms with E-state index in [-0.39, 0.29) is 54.4 Å². The van der Waals surface area contributed by atoms with Gasteiger partial charge in [0.25, 0.3) is 18.2 Å². The number of imide groups is 1. The van der Waals surface area contributed by atoms with Crippen LogP contribution in [-0.2, 0) is 19.1 Å². The van der Waals surface area contributed by atoms with Crippen molar-refractivity contribution in [2.45, 2.75) is 107 Å². The normalized spacial score (nSPS) is 26.3. The molecule has 11 rings (SSSR count). The molecular weight excluding hydrogens is 833 g/mol. The summed E-state index contributed by atoms with van der Waals surface area (Å²) in [5, 5.41) is 27.8. The van der Waals surface area contributed by atoms with Crippen LogP contribution in [0.5, 0.6) is 0 Å². The smallest absolute Gasteiger partial charge is 0.284 e. The van der Waals surface area contributed by atoms with Gasteiger partial charge >= 0.3 is 0 Å². The van der Waals surface area contributed by atoms with E-state index >= 15 is 0 Å². The van der Waals surface area contributed by atoms with E-state index in [0.29, 0.717) is 53.8 Å². The number of alkyl halides is 2. The van der Waals surface area contributed by atoms with Gasteiger partial charge in [-0.15, -0.1) is 0 Å². The number of aliphatic hydroxyl groups excluding tert-OH is 1. The zero-order chi connectivity index (χ0) is 44.1. The van der Waals surface area contributed by atoms with E-state index in [2.05, 4.69) is 35.9 Å². The lowest BCUT2D eigenvalue weighted by Gasteiger charge is -2.47. The molecule has 2 bridgehead atoms. The Morgan fingerprint density at radius 1 is 1.02 bits per heavy atom. The Morgan fingerprint density at radius 3 is 2.55 bits per heavy atom. The highest BCUT2D eigenvalue weighted by atomic mass is 19.3. The number of hydrogen-bond acceptors (Lipinski definition) is 13.